The van der Waals surface area contributed by atoms with Crippen molar-refractivity contribution in [1.82, 2.24) is 30.0 Å². The minimum atomic E-state index is 0.196. The monoisotopic (exact) mass is 399 g/mol. The van der Waals surface area contributed by atoms with Crippen molar-refractivity contribution in [2.45, 2.75) is 31.8 Å². The Balaban J connectivity index is 1.26. The van der Waals surface area contributed by atoms with Gasteiger partial charge in [-0.3, -0.25) is 9.69 Å². The van der Waals surface area contributed by atoms with E-state index in [0.29, 0.717) is 19.0 Å². The average molecular weight is 399 g/mol. The Hall–Kier alpha value is -2.68. The highest BCUT2D eigenvalue weighted by Crippen LogP contribution is 2.23. The molecule has 9 heteroatoms. The quantitative estimate of drug-likeness (QED) is 0.714. The van der Waals surface area contributed by atoms with Gasteiger partial charge >= 0.3 is 0 Å². The number of piperidine rings is 1. The van der Waals surface area contributed by atoms with Crippen molar-refractivity contribution in [2.24, 2.45) is 0 Å². The highest BCUT2D eigenvalue weighted by molar-refractivity contribution is 5.76. The summed E-state index contributed by atoms with van der Waals surface area (Å²) in [6.45, 7) is 6.31. The van der Waals surface area contributed by atoms with Crippen LogP contribution in [0, 0.1) is 0 Å². The van der Waals surface area contributed by atoms with Gasteiger partial charge in [0.15, 0.2) is 0 Å². The lowest BCUT2D eigenvalue weighted by molar-refractivity contribution is -0.133. The second-order valence-corrected chi connectivity index (χ2v) is 7.68. The molecule has 0 N–H and O–H groups in total. The van der Waals surface area contributed by atoms with E-state index in [2.05, 4.69) is 37.5 Å². The maximum atomic E-state index is 12.6. The number of ether oxygens (including phenoxy) is 1. The molecule has 29 heavy (non-hydrogen) atoms. The normalized spacial score (nSPS) is 20.7. The van der Waals surface area contributed by atoms with Gasteiger partial charge < -0.3 is 14.5 Å². The number of aromatic nitrogens is 4. The summed E-state index contributed by atoms with van der Waals surface area (Å²) in [6, 6.07) is 8.74. The highest BCUT2D eigenvalue weighted by Gasteiger charge is 2.29. The molecule has 0 radical (unpaired) electrons. The Bertz CT molecular complexity index is 773. The van der Waals surface area contributed by atoms with Crippen LogP contribution in [0.1, 0.15) is 19.3 Å². The number of rotatable bonds is 6. The van der Waals surface area contributed by atoms with E-state index in [4.69, 9.17) is 4.74 Å². The molecule has 2 aromatic rings. The van der Waals surface area contributed by atoms with Crippen molar-refractivity contribution in [3.63, 3.8) is 0 Å². The molecule has 0 bridgehead atoms. The van der Waals surface area contributed by atoms with E-state index in [9.17, 15) is 4.79 Å². The van der Waals surface area contributed by atoms with E-state index in [0.717, 1.165) is 51.4 Å². The lowest BCUT2D eigenvalue weighted by Crippen LogP contribution is -2.56. The van der Waals surface area contributed by atoms with Gasteiger partial charge in [0.2, 0.25) is 5.91 Å². The van der Waals surface area contributed by atoms with Crippen LogP contribution in [0.3, 0.4) is 0 Å². The SMILES string of the molecule is COc1ccc(N2CCN([C@@H]3CCCN(C(=O)CCn4cnnn4)C3)CC2)cc1. The molecule has 3 heterocycles. The maximum Gasteiger partial charge on any atom is 0.224 e. The molecule has 0 saturated carbocycles. The Morgan fingerprint density at radius 3 is 2.62 bits per heavy atom. The number of tetrazole rings is 1. The molecular formula is C20H29N7O2. The fourth-order valence-corrected chi connectivity index (χ4v) is 4.27. The molecule has 2 aliphatic rings. The molecule has 0 spiro atoms. The molecule has 4 rings (SSSR count). The van der Waals surface area contributed by atoms with Crippen molar-refractivity contribution in [3.8, 4) is 5.75 Å². The smallest absolute Gasteiger partial charge is 0.224 e. The number of hydrogen-bond acceptors (Lipinski definition) is 7. The summed E-state index contributed by atoms with van der Waals surface area (Å²) in [5, 5.41) is 11.1. The number of methoxy groups -OCH3 is 1. The van der Waals surface area contributed by atoms with Crippen LogP contribution < -0.4 is 9.64 Å². The molecule has 9 nitrogen and oxygen atoms in total. The van der Waals surface area contributed by atoms with Crippen LogP contribution in [0.2, 0.25) is 0 Å². The van der Waals surface area contributed by atoms with Crippen LogP contribution in [0.25, 0.3) is 0 Å². The van der Waals surface area contributed by atoms with E-state index in [1.807, 2.05) is 17.0 Å². The average Bonchev–Trinajstić information content (AvgIpc) is 3.31. The van der Waals surface area contributed by atoms with Crippen molar-refractivity contribution >= 4 is 11.6 Å². The minimum absolute atomic E-state index is 0.196. The molecular weight excluding hydrogens is 370 g/mol. The van der Waals surface area contributed by atoms with Gasteiger partial charge in [0, 0.05) is 57.4 Å². The van der Waals surface area contributed by atoms with Gasteiger partial charge in [-0.25, -0.2) is 4.68 Å². The third-order valence-corrected chi connectivity index (χ3v) is 5.96. The van der Waals surface area contributed by atoms with Gasteiger partial charge in [-0.1, -0.05) is 0 Å². The lowest BCUT2D eigenvalue weighted by Gasteiger charge is -2.44. The van der Waals surface area contributed by atoms with E-state index in [1.165, 1.54) is 12.1 Å². The predicted molar refractivity (Wildman–Crippen MR) is 109 cm³/mol. The van der Waals surface area contributed by atoms with Crippen LogP contribution in [0.4, 0.5) is 5.69 Å². The standard InChI is InChI=1S/C20H29N7O2/c1-29-19-6-4-17(5-7-19)24-11-13-25(14-12-24)18-3-2-9-26(15-18)20(28)8-10-27-16-21-22-23-27/h4-7,16,18H,2-3,8-15H2,1H3/t18-/m1/s1. The first kappa shape index (κ1) is 19.6. The summed E-state index contributed by atoms with van der Waals surface area (Å²) in [4.78, 5) is 19.6. The first-order chi connectivity index (χ1) is 14.2. The number of carbonyl (C=O) groups is 1. The largest absolute Gasteiger partial charge is 0.497 e. The van der Waals surface area contributed by atoms with Crippen molar-refractivity contribution in [3.05, 3.63) is 30.6 Å². The summed E-state index contributed by atoms with van der Waals surface area (Å²) in [5.41, 5.74) is 1.24. The predicted octanol–water partition coefficient (Wildman–Crippen LogP) is 0.885. The molecule has 1 aromatic heterocycles. The number of benzene rings is 1. The van der Waals surface area contributed by atoms with Crippen molar-refractivity contribution in [2.75, 3.05) is 51.3 Å². The number of nitrogens with zero attached hydrogens (tertiary/aromatic N) is 7. The second-order valence-electron chi connectivity index (χ2n) is 7.68. The van der Waals surface area contributed by atoms with E-state index in [-0.39, 0.29) is 5.91 Å². The molecule has 1 aromatic carbocycles. The number of anilines is 1. The molecule has 1 amide bonds. The Labute approximate surface area is 171 Å². The first-order valence-corrected chi connectivity index (χ1v) is 10.3. The topological polar surface area (TPSA) is 79.6 Å². The van der Waals surface area contributed by atoms with Gasteiger partial charge in [0.05, 0.1) is 13.7 Å². The molecule has 2 saturated heterocycles. The number of carbonyl (C=O) groups excluding carboxylic acids is 1. The molecule has 1 atom stereocenters. The molecule has 0 unspecified atom stereocenters. The van der Waals surface area contributed by atoms with E-state index < -0.39 is 0 Å². The van der Waals surface area contributed by atoms with Gasteiger partial charge in [0.1, 0.15) is 12.1 Å². The first-order valence-electron chi connectivity index (χ1n) is 10.3. The maximum absolute atomic E-state index is 12.6. The summed E-state index contributed by atoms with van der Waals surface area (Å²) >= 11 is 0. The number of hydrogen-bond donors (Lipinski definition) is 0. The summed E-state index contributed by atoms with van der Waals surface area (Å²) in [7, 11) is 1.69. The number of piperazine rings is 1. The van der Waals surface area contributed by atoms with Crippen LogP contribution in [-0.2, 0) is 11.3 Å². The minimum Gasteiger partial charge on any atom is -0.497 e. The second kappa shape index (κ2) is 9.21. The Morgan fingerprint density at radius 1 is 1.14 bits per heavy atom. The van der Waals surface area contributed by atoms with Gasteiger partial charge in [-0.05, 0) is 47.5 Å². The molecule has 0 aliphatic carbocycles. The zero-order valence-electron chi connectivity index (χ0n) is 17.0. The van der Waals surface area contributed by atoms with Gasteiger partial charge in [-0.2, -0.15) is 0 Å². The zero-order valence-corrected chi connectivity index (χ0v) is 17.0. The number of amides is 1. The highest BCUT2D eigenvalue weighted by atomic mass is 16.5. The summed E-state index contributed by atoms with van der Waals surface area (Å²) in [6.07, 6.45) is 4.23. The van der Waals surface area contributed by atoms with E-state index >= 15 is 0 Å². The van der Waals surface area contributed by atoms with Crippen LogP contribution in [0.15, 0.2) is 30.6 Å². The fourth-order valence-electron chi connectivity index (χ4n) is 4.27. The summed E-state index contributed by atoms with van der Waals surface area (Å²) < 4.78 is 6.86. The lowest BCUT2D eigenvalue weighted by atomic mass is 10.0. The third kappa shape index (κ3) is 4.84. The van der Waals surface area contributed by atoms with Crippen LogP contribution >= 0.6 is 0 Å². The third-order valence-electron chi connectivity index (χ3n) is 5.96. The summed E-state index contributed by atoms with van der Waals surface area (Å²) in [5.74, 6) is 1.08. The number of likely N-dealkylation sites (tertiary alicyclic amines) is 1. The zero-order chi connectivity index (χ0) is 20.1. The molecule has 2 fully saturated rings. The molecule has 156 valence electrons. The Kier molecular flexibility index (Phi) is 6.24. The molecule has 2 aliphatic heterocycles. The van der Waals surface area contributed by atoms with Gasteiger partial charge in [0.25, 0.3) is 0 Å². The Morgan fingerprint density at radius 2 is 1.93 bits per heavy atom. The van der Waals surface area contributed by atoms with Crippen LogP contribution in [0.5, 0.6) is 5.75 Å². The van der Waals surface area contributed by atoms with Gasteiger partial charge in [-0.15, -0.1) is 5.10 Å². The fraction of sp³-hybridized carbons (Fsp3) is 0.600. The van der Waals surface area contributed by atoms with Crippen molar-refractivity contribution in [1.29, 1.82) is 0 Å². The van der Waals surface area contributed by atoms with Crippen LogP contribution in [-0.4, -0.2) is 88.3 Å². The van der Waals surface area contributed by atoms with Crippen molar-refractivity contribution < 1.29 is 9.53 Å². The number of aryl methyl sites for hydroxylation is 1. The van der Waals surface area contributed by atoms with E-state index in [1.54, 1.807) is 18.1 Å².